The molecule has 6 atom stereocenters. The summed E-state index contributed by atoms with van der Waals surface area (Å²) in [5.41, 5.74) is 0. The van der Waals surface area contributed by atoms with E-state index in [0.29, 0.717) is 25.7 Å². The molecule has 19 heteroatoms. The molecule has 94 heavy (non-hydrogen) atoms. The predicted molar refractivity (Wildman–Crippen MR) is 381 cm³/mol. The van der Waals surface area contributed by atoms with E-state index >= 15 is 0 Å². The summed E-state index contributed by atoms with van der Waals surface area (Å²) in [4.78, 5) is 72.7. The van der Waals surface area contributed by atoms with Crippen LogP contribution in [0.2, 0.25) is 0 Å². The van der Waals surface area contributed by atoms with Gasteiger partial charge >= 0.3 is 39.5 Å². The number of esters is 4. The fourth-order valence-electron chi connectivity index (χ4n) is 11.4. The van der Waals surface area contributed by atoms with Gasteiger partial charge in [-0.3, -0.25) is 37.3 Å². The quantitative estimate of drug-likeness (QED) is 0.0222. The molecule has 0 radical (unpaired) electrons. The smallest absolute Gasteiger partial charge is 0.462 e. The molecule has 0 amide bonds. The van der Waals surface area contributed by atoms with Crippen molar-refractivity contribution in [1.82, 2.24) is 0 Å². The Bertz CT molecular complexity index is 1820. The van der Waals surface area contributed by atoms with Crippen LogP contribution in [0.15, 0.2) is 0 Å². The van der Waals surface area contributed by atoms with E-state index < -0.39 is 97.5 Å². The molecule has 0 aliphatic heterocycles. The summed E-state index contributed by atoms with van der Waals surface area (Å²) in [6, 6.07) is 0. The number of hydrogen-bond donors (Lipinski definition) is 3. The molecule has 0 saturated carbocycles. The highest BCUT2D eigenvalue weighted by atomic mass is 31.2. The maximum Gasteiger partial charge on any atom is 0.472 e. The molecular formula is C75H146O17P2. The van der Waals surface area contributed by atoms with E-state index in [-0.39, 0.29) is 25.7 Å². The summed E-state index contributed by atoms with van der Waals surface area (Å²) < 4.78 is 68.5. The van der Waals surface area contributed by atoms with Gasteiger partial charge in [-0.05, 0) is 37.5 Å². The van der Waals surface area contributed by atoms with Crippen LogP contribution in [-0.2, 0) is 65.4 Å². The Morgan fingerprint density at radius 2 is 0.543 bits per heavy atom. The molecular weight excluding hydrogens is 1230 g/mol. The Morgan fingerprint density at radius 1 is 0.309 bits per heavy atom. The number of aliphatic hydroxyl groups excluding tert-OH is 1. The van der Waals surface area contributed by atoms with Crippen molar-refractivity contribution >= 4 is 39.5 Å². The van der Waals surface area contributed by atoms with Crippen LogP contribution in [0, 0.1) is 11.8 Å². The van der Waals surface area contributed by atoms with Crippen molar-refractivity contribution in [3.8, 4) is 0 Å². The summed E-state index contributed by atoms with van der Waals surface area (Å²) in [5, 5.41) is 10.6. The molecule has 0 rings (SSSR count). The molecule has 0 saturated heterocycles. The number of unbranched alkanes of at least 4 members (excludes halogenated alkanes) is 43. The van der Waals surface area contributed by atoms with E-state index in [1.165, 1.54) is 199 Å². The minimum Gasteiger partial charge on any atom is -0.462 e. The van der Waals surface area contributed by atoms with Gasteiger partial charge in [0.25, 0.3) is 0 Å². The van der Waals surface area contributed by atoms with Crippen LogP contribution in [0.1, 0.15) is 388 Å². The highest BCUT2D eigenvalue weighted by Gasteiger charge is 2.30. The number of hydrogen-bond acceptors (Lipinski definition) is 15. The molecule has 3 unspecified atom stereocenters. The van der Waals surface area contributed by atoms with Crippen molar-refractivity contribution in [2.24, 2.45) is 11.8 Å². The molecule has 0 fully saturated rings. The molecule has 558 valence electrons. The molecule has 17 nitrogen and oxygen atoms in total. The molecule has 0 spiro atoms. The van der Waals surface area contributed by atoms with Crippen LogP contribution >= 0.6 is 15.6 Å². The molecule has 0 aromatic rings. The zero-order valence-electron chi connectivity index (χ0n) is 61.3. The van der Waals surface area contributed by atoms with Gasteiger partial charge in [-0.2, -0.15) is 0 Å². The van der Waals surface area contributed by atoms with Crippen molar-refractivity contribution < 1.29 is 80.2 Å². The van der Waals surface area contributed by atoms with Crippen molar-refractivity contribution in [2.75, 3.05) is 39.6 Å². The van der Waals surface area contributed by atoms with Crippen LogP contribution in [0.4, 0.5) is 0 Å². The van der Waals surface area contributed by atoms with E-state index in [1.807, 2.05) is 0 Å². The van der Waals surface area contributed by atoms with Crippen LogP contribution in [0.25, 0.3) is 0 Å². The second-order valence-electron chi connectivity index (χ2n) is 27.8. The molecule has 0 bridgehead atoms. The van der Waals surface area contributed by atoms with Gasteiger partial charge in [-0.1, -0.05) is 337 Å². The lowest BCUT2D eigenvalue weighted by molar-refractivity contribution is -0.161. The first-order valence-electron chi connectivity index (χ1n) is 39.0. The number of phosphoric acid groups is 2. The summed E-state index contributed by atoms with van der Waals surface area (Å²) in [6.07, 6.45) is 54.2. The molecule has 0 aromatic heterocycles. The average molecular weight is 1380 g/mol. The number of carbonyl (C=O) groups is 4. The van der Waals surface area contributed by atoms with Gasteiger partial charge in [0.1, 0.15) is 19.3 Å². The normalized spacial score (nSPS) is 14.3. The van der Waals surface area contributed by atoms with Crippen LogP contribution in [0.3, 0.4) is 0 Å². The van der Waals surface area contributed by atoms with Crippen molar-refractivity contribution in [3.63, 3.8) is 0 Å². The standard InChI is InChI=1S/C75H146O17P2/c1-7-10-12-14-16-18-20-22-23-24-25-26-27-28-29-31-35-40-48-54-60-75(80)91-70(63-85-72(77)57-51-45-38-36-32-33-37-43-49-55-67(4)5)65-89-93(81,82)87-61-69(76)62-88-94(83,84)90-66-71(64-86-73(78)58-52-46-42-41-44-50-56-68(6)9-3)92-74(79)59-53-47-39-34-30-21-19-17-15-13-11-8-2/h67-71,76H,7-66H2,1-6H3,(H,81,82)(H,83,84)/t68?,69-,70-,71-/m1/s1. The third kappa shape index (κ3) is 67.3. The first kappa shape index (κ1) is 92.1. The fourth-order valence-corrected chi connectivity index (χ4v) is 13.0. The Labute approximate surface area is 575 Å². The lowest BCUT2D eigenvalue weighted by Crippen LogP contribution is -2.30. The van der Waals surface area contributed by atoms with Crippen molar-refractivity contribution in [1.29, 1.82) is 0 Å². The minimum absolute atomic E-state index is 0.106. The zero-order chi connectivity index (χ0) is 69.3. The molecule has 0 aromatic carbocycles. The van der Waals surface area contributed by atoms with E-state index in [4.69, 9.17) is 37.0 Å². The minimum atomic E-state index is -4.96. The molecule has 3 N–H and O–H groups in total. The Balaban J connectivity index is 5.21. The zero-order valence-corrected chi connectivity index (χ0v) is 63.1. The number of rotatable bonds is 74. The topological polar surface area (TPSA) is 237 Å². The maximum atomic E-state index is 13.1. The highest BCUT2D eigenvalue weighted by Crippen LogP contribution is 2.45. The lowest BCUT2D eigenvalue weighted by Gasteiger charge is -2.21. The number of carbonyl (C=O) groups excluding carboxylic acids is 4. The molecule has 0 aliphatic rings. The van der Waals surface area contributed by atoms with E-state index in [0.717, 1.165) is 108 Å². The van der Waals surface area contributed by atoms with Gasteiger partial charge in [-0.15, -0.1) is 0 Å². The van der Waals surface area contributed by atoms with E-state index in [9.17, 15) is 43.2 Å². The van der Waals surface area contributed by atoms with E-state index in [2.05, 4.69) is 41.5 Å². The SMILES string of the molecule is CCCCCCCCCCCCCCCCCCCCCCC(=O)O[C@H](COC(=O)CCCCCCCCCCCC(C)C)COP(=O)(O)OC[C@@H](O)COP(=O)(O)OC[C@@H](COC(=O)CCCCCCCCC(C)CC)OC(=O)CCCCCCCCCCCCCC. The second kappa shape index (κ2) is 66.9. The third-order valence-electron chi connectivity index (χ3n) is 17.8. The van der Waals surface area contributed by atoms with Gasteiger partial charge < -0.3 is 33.8 Å². The fraction of sp³-hybridized carbons (Fsp3) is 0.947. The van der Waals surface area contributed by atoms with Gasteiger partial charge in [0.2, 0.25) is 0 Å². The maximum absolute atomic E-state index is 13.1. The summed E-state index contributed by atoms with van der Waals surface area (Å²) in [6.45, 7) is 9.53. The second-order valence-corrected chi connectivity index (χ2v) is 30.7. The van der Waals surface area contributed by atoms with Crippen molar-refractivity contribution in [2.45, 2.75) is 407 Å². The van der Waals surface area contributed by atoms with Crippen LogP contribution in [-0.4, -0.2) is 96.7 Å². The first-order valence-corrected chi connectivity index (χ1v) is 42.0. The average Bonchev–Trinajstić information content (AvgIpc) is 1.19. The van der Waals surface area contributed by atoms with Gasteiger partial charge in [0.15, 0.2) is 12.2 Å². The van der Waals surface area contributed by atoms with Crippen LogP contribution in [0.5, 0.6) is 0 Å². The number of aliphatic hydroxyl groups is 1. The summed E-state index contributed by atoms with van der Waals surface area (Å²) in [7, 11) is -9.91. The largest absolute Gasteiger partial charge is 0.472 e. The monoisotopic (exact) mass is 1380 g/mol. The number of ether oxygens (including phenoxy) is 4. The third-order valence-corrected chi connectivity index (χ3v) is 19.7. The van der Waals surface area contributed by atoms with E-state index in [1.54, 1.807) is 0 Å². The lowest BCUT2D eigenvalue weighted by atomic mass is 10.00. The summed E-state index contributed by atoms with van der Waals surface area (Å²) >= 11 is 0. The van der Waals surface area contributed by atoms with Gasteiger partial charge in [0, 0.05) is 25.7 Å². The number of phosphoric ester groups is 2. The van der Waals surface area contributed by atoms with Crippen molar-refractivity contribution in [3.05, 3.63) is 0 Å². The Hall–Kier alpha value is -1.94. The van der Waals surface area contributed by atoms with Gasteiger partial charge in [0.05, 0.1) is 26.4 Å². The molecule has 0 heterocycles. The van der Waals surface area contributed by atoms with Crippen LogP contribution < -0.4 is 0 Å². The first-order chi connectivity index (χ1) is 45.4. The highest BCUT2D eigenvalue weighted by molar-refractivity contribution is 7.47. The van der Waals surface area contributed by atoms with Gasteiger partial charge in [-0.25, -0.2) is 9.13 Å². The Kier molecular flexibility index (Phi) is 65.5. The molecule has 0 aliphatic carbocycles. The summed E-state index contributed by atoms with van der Waals surface area (Å²) in [5.74, 6) is -0.644. The Morgan fingerprint density at radius 3 is 0.809 bits per heavy atom. The predicted octanol–water partition coefficient (Wildman–Crippen LogP) is 21.9.